The van der Waals surface area contributed by atoms with Crippen LogP contribution in [-0.2, 0) is 0 Å². The fourth-order valence-electron chi connectivity index (χ4n) is 0.715. The summed E-state index contributed by atoms with van der Waals surface area (Å²) in [6, 6.07) is 6.46. The van der Waals surface area contributed by atoms with E-state index in [4.69, 9.17) is 0 Å². The van der Waals surface area contributed by atoms with Gasteiger partial charge in [-0.25, -0.2) is 4.39 Å². The number of rotatable bonds is 2. The molecule has 0 saturated heterocycles. The lowest BCUT2D eigenvalue weighted by molar-refractivity contribution is 0.535. The van der Waals surface area contributed by atoms with Gasteiger partial charge in [0, 0.05) is 10.4 Å². The van der Waals surface area contributed by atoms with Gasteiger partial charge in [0.15, 0.2) is 0 Å². The quantitative estimate of drug-likeness (QED) is 0.734. The minimum absolute atomic E-state index is 0.0685. The summed E-state index contributed by atoms with van der Waals surface area (Å²) in [5, 5.41) is 0. The number of benzene rings is 1. The highest BCUT2D eigenvalue weighted by molar-refractivity contribution is 7.97. The zero-order valence-corrected chi connectivity index (χ0v) is 8.91. The molecule has 0 aliphatic rings. The summed E-state index contributed by atoms with van der Waals surface area (Å²) in [5.41, 5.74) is 0.0685. The molecule has 72 valence electrons. The Hall–Kier alpha value is -0.540. The summed E-state index contributed by atoms with van der Waals surface area (Å²) in [5.74, 6) is -0.194. The molecule has 0 fully saturated rings. The van der Waals surface area contributed by atoms with Gasteiger partial charge in [-0.05, 0) is 57.0 Å². The van der Waals surface area contributed by atoms with Gasteiger partial charge in [0.05, 0.1) is 0 Å². The first kappa shape index (κ1) is 10.5. The van der Waals surface area contributed by atoms with Crippen LogP contribution in [-0.4, -0.2) is 5.54 Å². The third-order valence-electron chi connectivity index (χ3n) is 1.29. The first-order valence-corrected chi connectivity index (χ1v) is 4.99. The van der Waals surface area contributed by atoms with Crippen LogP contribution in [0.5, 0.6) is 0 Å². The van der Waals surface area contributed by atoms with Crippen molar-refractivity contribution in [1.29, 1.82) is 0 Å². The Labute approximate surface area is 82.9 Å². The van der Waals surface area contributed by atoms with Crippen LogP contribution >= 0.6 is 11.9 Å². The van der Waals surface area contributed by atoms with Gasteiger partial charge in [-0.2, -0.15) is 0 Å². The van der Waals surface area contributed by atoms with Gasteiger partial charge in [0.2, 0.25) is 0 Å². The summed E-state index contributed by atoms with van der Waals surface area (Å²) in [6.45, 7) is 6.26. The maximum atomic E-state index is 12.5. The highest BCUT2D eigenvalue weighted by atomic mass is 32.2. The van der Waals surface area contributed by atoms with E-state index in [0.29, 0.717) is 0 Å². The number of nitrogens with one attached hydrogen (secondary N) is 1. The fourth-order valence-corrected chi connectivity index (χ4v) is 1.41. The van der Waals surface area contributed by atoms with Crippen molar-refractivity contribution in [2.75, 3.05) is 0 Å². The third kappa shape index (κ3) is 4.29. The lowest BCUT2D eigenvalue weighted by atomic mass is 10.1. The predicted octanol–water partition coefficient (Wildman–Crippen LogP) is 3.22. The number of hydrogen-bond donors (Lipinski definition) is 1. The van der Waals surface area contributed by atoms with E-state index in [1.165, 1.54) is 24.1 Å². The first-order valence-electron chi connectivity index (χ1n) is 4.17. The molecule has 0 bridgehead atoms. The largest absolute Gasteiger partial charge is 0.255 e. The number of hydrogen-bond acceptors (Lipinski definition) is 2. The van der Waals surface area contributed by atoms with Gasteiger partial charge >= 0.3 is 0 Å². The molecule has 0 saturated carbocycles. The summed E-state index contributed by atoms with van der Waals surface area (Å²) in [6.07, 6.45) is 0. The van der Waals surface area contributed by atoms with Crippen LogP contribution < -0.4 is 4.72 Å². The summed E-state index contributed by atoms with van der Waals surface area (Å²) in [7, 11) is 0. The normalized spacial score (nSPS) is 11.7. The minimum atomic E-state index is -0.194. The Morgan fingerprint density at radius 2 is 1.69 bits per heavy atom. The summed E-state index contributed by atoms with van der Waals surface area (Å²) < 4.78 is 15.8. The zero-order valence-electron chi connectivity index (χ0n) is 8.10. The Kier molecular flexibility index (Phi) is 3.33. The van der Waals surface area contributed by atoms with E-state index < -0.39 is 0 Å². The average molecular weight is 199 g/mol. The summed E-state index contributed by atoms with van der Waals surface area (Å²) >= 11 is 1.52. The standard InChI is InChI=1S/C10H14FNS/c1-10(2,3)12-13-9-6-4-8(11)5-7-9/h4-7,12H,1-3H3. The average Bonchev–Trinajstić information content (AvgIpc) is 2.02. The zero-order chi connectivity index (χ0) is 9.90. The summed E-state index contributed by atoms with van der Waals surface area (Å²) in [4.78, 5) is 1.02. The van der Waals surface area contributed by atoms with E-state index in [1.807, 2.05) is 0 Å². The van der Waals surface area contributed by atoms with Crippen molar-refractivity contribution in [1.82, 2.24) is 4.72 Å². The Morgan fingerprint density at radius 1 is 1.15 bits per heavy atom. The Balaban J connectivity index is 2.51. The van der Waals surface area contributed by atoms with Crippen molar-refractivity contribution in [2.45, 2.75) is 31.2 Å². The molecule has 0 aliphatic heterocycles. The van der Waals surface area contributed by atoms with Gasteiger partial charge in [0.25, 0.3) is 0 Å². The van der Waals surface area contributed by atoms with Gasteiger partial charge in [0.1, 0.15) is 5.82 Å². The molecule has 0 heterocycles. The van der Waals surface area contributed by atoms with Crippen molar-refractivity contribution >= 4 is 11.9 Å². The monoisotopic (exact) mass is 199 g/mol. The van der Waals surface area contributed by atoms with E-state index >= 15 is 0 Å². The molecule has 3 heteroatoms. The molecule has 13 heavy (non-hydrogen) atoms. The maximum Gasteiger partial charge on any atom is 0.123 e. The lowest BCUT2D eigenvalue weighted by Gasteiger charge is -2.19. The second-order valence-electron chi connectivity index (χ2n) is 3.91. The molecule has 0 spiro atoms. The molecule has 1 aromatic rings. The lowest BCUT2D eigenvalue weighted by Crippen LogP contribution is -2.29. The molecule has 0 amide bonds. The minimum Gasteiger partial charge on any atom is -0.255 e. The molecule has 0 radical (unpaired) electrons. The topological polar surface area (TPSA) is 12.0 Å². The number of halogens is 1. The van der Waals surface area contributed by atoms with Crippen LogP contribution in [0.1, 0.15) is 20.8 Å². The van der Waals surface area contributed by atoms with Crippen LogP contribution in [0, 0.1) is 5.82 Å². The SMILES string of the molecule is CC(C)(C)NSc1ccc(F)cc1. The van der Waals surface area contributed by atoms with Gasteiger partial charge in [-0.1, -0.05) is 0 Å². The Morgan fingerprint density at radius 3 is 2.15 bits per heavy atom. The molecule has 0 aliphatic carbocycles. The van der Waals surface area contributed by atoms with Crippen molar-refractivity contribution in [3.8, 4) is 0 Å². The molecule has 1 aromatic carbocycles. The highest BCUT2D eigenvalue weighted by Crippen LogP contribution is 2.18. The van der Waals surface area contributed by atoms with Crippen molar-refractivity contribution < 1.29 is 4.39 Å². The van der Waals surface area contributed by atoms with Gasteiger partial charge in [-0.15, -0.1) is 0 Å². The second-order valence-corrected chi connectivity index (χ2v) is 4.79. The second kappa shape index (κ2) is 4.11. The van der Waals surface area contributed by atoms with E-state index in [9.17, 15) is 4.39 Å². The van der Waals surface area contributed by atoms with Gasteiger partial charge < -0.3 is 0 Å². The van der Waals surface area contributed by atoms with Crippen LogP contribution in [0.4, 0.5) is 4.39 Å². The van der Waals surface area contributed by atoms with Crippen LogP contribution in [0.3, 0.4) is 0 Å². The van der Waals surface area contributed by atoms with E-state index in [-0.39, 0.29) is 11.4 Å². The van der Waals surface area contributed by atoms with E-state index in [1.54, 1.807) is 12.1 Å². The van der Waals surface area contributed by atoms with Gasteiger partial charge in [-0.3, -0.25) is 4.72 Å². The van der Waals surface area contributed by atoms with E-state index in [2.05, 4.69) is 25.5 Å². The van der Waals surface area contributed by atoms with Crippen molar-refractivity contribution in [3.63, 3.8) is 0 Å². The molecule has 0 unspecified atom stereocenters. The molecule has 1 rings (SSSR count). The predicted molar refractivity (Wildman–Crippen MR) is 55.1 cm³/mol. The molecule has 1 nitrogen and oxygen atoms in total. The molecule has 0 atom stereocenters. The first-order chi connectivity index (χ1) is 5.97. The van der Waals surface area contributed by atoms with E-state index in [0.717, 1.165) is 4.90 Å². The smallest absolute Gasteiger partial charge is 0.123 e. The van der Waals surface area contributed by atoms with Crippen LogP contribution in [0.25, 0.3) is 0 Å². The maximum absolute atomic E-state index is 12.5. The third-order valence-corrected chi connectivity index (χ3v) is 2.51. The fraction of sp³-hybridized carbons (Fsp3) is 0.400. The molecular formula is C10H14FNS. The molecular weight excluding hydrogens is 185 g/mol. The van der Waals surface area contributed by atoms with Crippen LogP contribution in [0.2, 0.25) is 0 Å². The van der Waals surface area contributed by atoms with Crippen molar-refractivity contribution in [3.05, 3.63) is 30.1 Å². The Bertz CT molecular complexity index is 263. The molecule has 0 aromatic heterocycles. The highest BCUT2D eigenvalue weighted by Gasteiger charge is 2.08. The van der Waals surface area contributed by atoms with Crippen LogP contribution in [0.15, 0.2) is 29.2 Å². The molecule has 1 N–H and O–H groups in total. The van der Waals surface area contributed by atoms with Crippen molar-refractivity contribution in [2.24, 2.45) is 0 Å².